The van der Waals surface area contributed by atoms with E-state index >= 15 is 0 Å². The Morgan fingerprint density at radius 2 is 2.10 bits per heavy atom. The molecule has 1 aliphatic heterocycles. The number of nitrogens with two attached hydrogens (primary N) is 1. The van der Waals surface area contributed by atoms with E-state index in [-0.39, 0.29) is 11.3 Å². The number of nitrogens with zero attached hydrogens (tertiary/aromatic N) is 1. The summed E-state index contributed by atoms with van der Waals surface area (Å²) >= 11 is 0. The van der Waals surface area contributed by atoms with Crippen LogP contribution >= 0.6 is 0 Å². The highest BCUT2D eigenvalue weighted by Crippen LogP contribution is 2.32. The van der Waals surface area contributed by atoms with Gasteiger partial charge in [0, 0.05) is 13.1 Å². The quantitative estimate of drug-likeness (QED) is 0.839. The van der Waals surface area contributed by atoms with Gasteiger partial charge in [-0.25, -0.2) is 9.18 Å². The molecule has 21 heavy (non-hydrogen) atoms. The summed E-state index contributed by atoms with van der Waals surface area (Å²) in [5.41, 5.74) is 5.77. The molecule has 1 heterocycles. The fourth-order valence-electron chi connectivity index (χ4n) is 3.10. The molecule has 1 aromatic carbocycles. The molecule has 0 saturated carbocycles. The minimum atomic E-state index is -1.17. The van der Waals surface area contributed by atoms with E-state index in [1.165, 1.54) is 12.1 Å². The van der Waals surface area contributed by atoms with Crippen molar-refractivity contribution in [1.29, 1.82) is 0 Å². The van der Waals surface area contributed by atoms with Crippen molar-refractivity contribution < 1.29 is 14.3 Å². The second kappa shape index (κ2) is 6.33. The molecule has 0 bridgehead atoms. The van der Waals surface area contributed by atoms with E-state index in [9.17, 15) is 14.3 Å². The topological polar surface area (TPSA) is 66.6 Å². The van der Waals surface area contributed by atoms with E-state index in [0.717, 1.165) is 32.4 Å². The molecule has 0 radical (unpaired) electrons. The number of anilines is 2. The Morgan fingerprint density at radius 3 is 2.71 bits per heavy atom. The maximum Gasteiger partial charge on any atom is 0.340 e. The molecule has 1 aliphatic rings. The summed E-state index contributed by atoms with van der Waals surface area (Å²) in [7, 11) is 0. The van der Waals surface area contributed by atoms with Gasteiger partial charge in [-0.1, -0.05) is 13.8 Å². The Labute approximate surface area is 124 Å². The number of nitrogen functional groups attached to an aromatic ring is 1. The molecule has 3 N–H and O–H groups in total. The highest BCUT2D eigenvalue weighted by Gasteiger charge is 2.25. The Hall–Kier alpha value is -1.78. The first-order valence-corrected chi connectivity index (χ1v) is 7.48. The molecular weight excluding hydrogens is 271 g/mol. The molecule has 1 atom stereocenters. The third-order valence-electron chi connectivity index (χ3n) is 4.44. The summed E-state index contributed by atoms with van der Waals surface area (Å²) < 4.78 is 13.5. The smallest absolute Gasteiger partial charge is 0.340 e. The van der Waals surface area contributed by atoms with Gasteiger partial charge in [-0.05, 0) is 43.2 Å². The van der Waals surface area contributed by atoms with Crippen LogP contribution in [0.1, 0.15) is 43.5 Å². The van der Waals surface area contributed by atoms with Crippen LogP contribution in [0.15, 0.2) is 12.1 Å². The largest absolute Gasteiger partial charge is 0.478 e. The first-order valence-electron chi connectivity index (χ1n) is 7.48. The van der Waals surface area contributed by atoms with Crippen LogP contribution in [0, 0.1) is 17.7 Å². The molecule has 1 aromatic rings. The SMILES string of the molecule is CC(C)C1CCCN(c2ccc(F)c(N)c2C(=O)O)CC1. The molecule has 1 unspecified atom stereocenters. The second-order valence-electron chi connectivity index (χ2n) is 6.08. The third kappa shape index (κ3) is 3.28. The van der Waals surface area contributed by atoms with Crippen molar-refractivity contribution in [3.8, 4) is 0 Å². The highest BCUT2D eigenvalue weighted by atomic mass is 19.1. The third-order valence-corrected chi connectivity index (χ3v) is 4.44. The van der Waals surface area contributed by atoms with Crippen LogP contribution in [-0.4, -0.2) is 24.2 Å². The number of carbonyl (C=O) groups is 1. The predicted molar refractivity (Wildman–Crippen MR) is 82.2 cm³/mol. The summed E-state index contributed by atoms with van der Waals surface area (Å²) in [4.78, 5) is 13.5. The average Bonchev–Trinajstić information content (AvgIpc) is 2.67. The summed E-state index contributed by atoms with van der Waals surface area (Å²) in [6, 6.07) is 2.78. The lowest BCUT2D eigenvalue weighted by Crippen LogP contribution is -2.27. The number of rotatable bonds is 3. The van der Waals surface area contributed by atoms with Gasteiger partial charge in [0.05, 0.1) is 11.4 Å². The minimum absolute atomic E-state index is 0.113. The van der Waals surface area contributed by atoms with Crippen LogP contribution in [0.4, 0.5) is 15.8 Å². The van der Waals surface area contributed by atoms with Crippen molar-refractivity contribution in [2.75, 3.05) is 23.7 Å². The van der Waals surface area contributed by atoms with Crippen molar-refractivity contribution in [3.05, 3.63) is 23.5 Å². The number of halogens is 1. The van der Waals surface area contributed by atoms with Crippen molar-refractivity contribution >= 4 is 17.3 Å². The normalized spacial score (nSPS) is 19.6. The first-order chi connectivity index (χ1) is 9.91. The molecule has 5 heteroatoms. The van der Waals surface area contributed by atoms with Gasteiger partial charge in [-0.2, -0.15) is 0 Å². The monoisotopic (exact) mass is 294 g/mol. The summed E-state index contributed by atoms with van der Waals surface area (Å²) in [6.07, 6.45) is 3.18. The van der Waals surface area contributed by atoms with Gasteiger partial charge in [0.2, 0.25) is 0 Å². The molecule has 2 rings (SSSR count). The maximum atomic E-state index is 13.5. The van der Waals surface area contributed by atoms with Gasteiger partial charge in [-0.3, -0.25) is 0 Å². The Balaban J connectivity index is 2.30. The van der Waals surface area contributed by atoms with E-state index in [1.54, 1.807) is 0 Å². The van der Waals surface area contributed by atoms with Crippen molar-refractivity contribution in [3.63, 3.8) is 0 Å². The average molecular weight is 294 g/mol. The maximum absolute atomic E-state index is 13.5. The Morgan fingerprint density at radius 1 is 1.38 bits per heavy atom. The second-order valence-corrected chi connectivity index (χ2v) is 6.08. The number of aromatic carboxylic acids is 1. The molecule has 1 saturated heterocycles. The van der Waals surface area contributed by atoms with Gasteiger partial charge in [0.15, 0.2) is 0 Å². The lowest BCUT2D eigenvalue weighted by molar-refractivity contribution is 0.0698. The number of benzene rings is 1. The van der Waals surface area contributed by atoms with Crippen LogP contribution in [-0.2, 0) is 0 Å². The lowest BCUT2D eigenvalue weighted by Gasteiger charge is -2.25. The van der Waals surface area contributed by atoms with E-state index in [4.69, 9.17) is 5.73 Å². The van der Waals surface area contributed by atoms with Gasteiger partial charge in [-0.15, -0.1) is 0 Å². The van der Waals surface area contributed by atoms with Crippen molar-refractivity contribution in [1.82, 2.24) is 0 Å². The van der Waals surface area contributed by atoms with E-state index in [2.05, 4.69) is 13.8 Å². The van der Waals surface area contributed by atoms with Crippen LogP contribution in [0.25, 0.3) is 0 Å². The zero-order valence-corrected chi connectivity index (χ0v) is 12.6. The number of carboxylic acid groups (broad SMARTS) is 1. The lowest BCUT2D eigenvalue weighted by atomic mass is 9.89. The van der Waals surface area contributed by atoms with Crippen LogP contribution in [0.3, 0.4) is 0 Å². The van der Waals surface area contributed by atoms with E-state index in [0.29, 0.717) is 17.5 Å². The molecule has 0 aromatic heterocycles. The van der Waals surface area contributed by atoms with E-state index in [1.807, 2.05) is 4.90 Å². The molecular formula is C16H23FN2O2. The zero-order chi connectivity index (χ0) is 15.6. The van der Waals surface area contributed by atoms with Crippen LogP contribution < -0.4 is 10.6 Å². The fourth-order valence-corrected chi connectivity index (χ4v) is 3.10. The molecule has 0 spiro atoms. The molecule has 116 valence electrons. The van der Waals surface area contributed by atoms with Gasteiger partial charge >= 0.3 is 5.97 Å². The summed E-state index contributed by atoms with van der Waals surface area (Å²) in [5, 5.41) is 9.34. The molecule has 0 amide bonds. The van der Waals surface area contributed by atoms with Crippen molar-refractivity contribution in [2.45, 2.75) is 33.1 Å². The van der Waals surface area contributed by atoms with Gasteiger partial charge in [0.1, 0.15) is 11.4 Å². The highest BCUT2D eigenvalue weighted by molar-refractivity contribution is 6.00. The summed E-state index contributed by atoms with van der Waals surface area (Å²) in [5.74, 6) is -0.569. The predicted octanol–water partition coefficient (Wildman–Crippen LogP) is 3.37. The Kier molecular flexibility index (Phi) is 4.70. The van der Waals surface area contributed by atoms with Crippen LogP contribution in [0.2, 0.25) is 0 Å². The van der Waals surface area contributed by atoms with Gasteiger partial charge < -0.3 is 15.7 Å². The first kappa shape index (κ1) is 15.6. The standard InChI is InChI=1S/C16H23FN2O2/c1-10(2)11-4-3-8-19(9-7-11)13-6-5-12(17)15(18)14(13)16(20)21/h5-6,10-11H,3-4,7-9,18H2,1-2H3,(H,20,21). The number of hydrogen-bond donors (Lipinski definition) is 2. The number of hydrogen-bond acceptors (Lipinski definition) is 3. The molecule has 4 nitrogen and oxygen atoms in total. The minimum Gasteiger partial charge on any atom is -0.478 e. The van der Waals surface area contributed by atoms with Crippen molar-refractivity contribution in [2.24, 2.45) is 11.8 Å². The molecule has 1 fully saturated rings. The van der Waals surface area contributed by atoms with E-state index < -0.39 is 11.8 Å². The van der Waals surface area contributed by atoms with Crippen LogP contribution in [0.5, 0.6) is 0 Å². The molecule has 0 aliphatic carbocycles. The number of carboxylic acids is 1. The summed E-state index contributed by atoms with van der Waals surface area (Å²) in [6.45, 7) is 6.01. The Bertz CT molecular complexity index is 531. The fraction of sp³-hybridized carbons (Fsp3) is 0.562. The zero-order valence-electron chi connectivity index (χ0n) is 12.6. The van der Waals surface area contributed by atoms with Gasteiger partial charge in [0.25, 0.3) is 0 Å².